The zero-order valence-corrected chi connectivity index (χ0v) is 15.1. The third kappa shape index (κ3) is 3.51. The molecule has 1 aromatic heterocycles. The number of aromatic nitrogens is 2. The lowest BCUT2D eigenvalue weighted by Crippen LogP contribution is -2.16. The van der Waals surface area contributed by atoms with Gasteiger partial charge in [-0.05, 0) is 30.5 Å². The van der Waals surface area contributed by atoms with Crippen molar-refractivity contribution in [2.45, 2.75) is 31.8 Å². The predicted octanol–water partition coefficient (Wildman–Crippen LogP) is 4.20. The number of carbonyl (C=O) groups is 1. The molecule has 142 valence electrons. The molecule has 0 aliphatic heterocycles. The molecule has 7 heteroatoms. The summed E-state index contributed by atoms with van der Waals surface area (Å²) in [5, 5.41) is 11.8. The van der Waals surface area contributed by atoms with Gasteiger partial charge in [0.2, 0.25) is 0 Å². The number of nitrogens with one attached hydrogen (secondary N) is 1. The van der Waals surface area contributed by atoms with Crippen LogP contribution >= 0.6 is 0 Å². The Morgan fingerprint density at radius 2 is 2.00 bits per heavy atom. The molecule has 1 atom stereocenters. The minimum Gasteiger partial charge on any atom is -0.478 e. The fraction of sp³-hybridized carbons (Fsp3) is 0.238. The van der Waals surface area contributed by atoms with Gasteiger partial charge < -0.3 is 9.72 Å². The summed E-state index contributed by atoms with van der Waals surface area (Å²) in [7, 11) is 0. The highest BCUT2D eigenvalue weighted by molar-refractivity contribution is 5.99. The number of imidazole rings is 1. The number of fused-ring (bicyclic) bond motifs is 1. The van der Waals surface area contributed by atoms with Crippen molar-refractivity contribution in [3.63, 3.8) is 0 Å². The Labute approximate surface area is 161 Å². The average molecular weight is 377 g/mol. The molecule has 2 aromatic carbocycles. The number of ether oxygens (including phenoxy) is 1. The number of Topliss-reactive ketones (excluding diaryl/α,β-unsaturated/α-hetero) is 1. The quantitative estimate of drug-likeness (QED) is 0.513. The van der Waals surface area contributed by atoms with Gasteiger partial charge in [-0.15, -0.1) is 0 Å². The number of H-pyrrole nitrogens is 1. The smallest absolute Gasteiger partial charge is 0.314 e. The summed E-state index contributed by atoms with van der Waals surface area (Å²) < 4.78 is 6.15. The molecule has 28 heavy (non-hydrogen) atoms. The molecule has 7 nitrogen and oxygen atoms in total. The van der Waals surface area contributed by atoms with E-state index >= 15 is 0 Å². The molecule has 4 rings (SSSR count). The SMILES string of the molecule is O=C1CCCc2c1ccc(O[C@@H](Cc1ncc[nH]1)c1ccccc1)c2[N+](=O)[O-]. The van der Waals surface area contributed by atoms with E-state index in [4.69, 9.17) is 4.74 Å². The molecule has 0 saturated carbocycles. The van der Waals surface area contributed by atoms with Crippen LogP contribution in [-0.2, 0) is 12.8 Å². The largest absolute Gasteiger partial charge is 0.478 e. The van der Waals surface area contributed by atoms with E-state index in [1.54, 1.807) is 18.5 Å². The molecular weight excluding hydrogens is 358 g/mol. The molecule has 0 saturated heterocycles. The minimum atomic E-state index is -0.455. The summed E-state index contributed by atoms with van der Waals surface area (Å²) in [4.78, 5) is 30.8. The molecule has 1 N–H and O–H groups in total. The highest BCUT2D eigenvalue weighted by Crippen LogP contribution is 2.39. The van der Waals surface area contributed by atoms with Crippen molar-refractivity contribution in [2.75, 3.05) is 0 Å². The van der Waals surface area contributed by atoms with Crippen molar-refractivity contribution in [2.24, 2.45) is 0 Å². The Kier molecular flexibility index (Phi) is 4.89. The number of aromatic amines is 1. The standard InChI is InChI=1S/C21H19N3O4/c25-17-8-4-7-16-15(17)9-10-18(21(16)24(26)27)28-19(13-20-22-11-12-23-20)14-5-2-1-3-6-14/h1-3,5-6,9-12,19H,4,7-8,13H2,(H,22,23)/t19-/m0/s1. The fourth-order valence-corrected chi connectivity index (χ4v) is 3.62. The molecule has 0 amide bonds. The average Bonchev–Trinajstić information content (AvgIpc) is 3.21. The zero-order chi connectivity index (χ0) is 19.5. The Morgan fingerprint density at radius 3 is 2.71 bits per heavy atom. The first-order chi connectivity index (χ1) is 13.6. The highest BCUT2D eigenvalue weighted by atomic mass is 16.6. The summed E-state index contributed by atoms with van der Waals surface area (Å²) in [6.07, 6.45) is 4.91. The van der Waals surface area contributed by atoms with Crippen LogP contribution in [0.5, 0.6) is 5.75 Å². The van der Waals surface area contributed by atoms with Crippen molar-refractivity contribution in [1.82, 2.24) is 9.97 Å². The van der Waals surface area contributed by atoms with Gasteiger partial charge in [0.25, 0.3) is 0 Å². The second kappa shape index (κ2) is 7.64. The lowest BCUT2D eigenvalue weighted by Gasteiger charge is -2.21. The Hall–Kier alpha value is -3.48. The van der Waals surface area contributed by atoms with Crippen LogP contribution in [-0.4, -0.2) is 20.7 Å². The number of benzene rings is 2. The lowest BCUT2D eigenvalue weighted by atomic mass is 9.89. The molecule has 1 aliphatic rings. The molecular formula is C21H19N3O4. The van der Waals surface area contributed by atoms with Gasteiger partial charge in [0.1, 0.15) is 11.9 Å². The van der Waals surface area contributed by atoms with E-state index in [1.807, 2.05) is 30.3 Å². The maximum absolute atomic E-state index is 12.2. The van der Waals surface area contributed by atoms with Gasteiger partial charge in [0.05, 0.1) is 4.92 Å². The first-order valence-electron chi connectivity index (χ1n) is 9.17. The molecule has 3 aromatic rings. The zero-order valence-electron chi connectivity index (χ0n) is 15.1. The minimum absolute atomic E-state index is 0.0499. The van der Waals surface area contributed by atoms with E-state index in [9.17, 15) is 14.9 Å². The first kappa shape index (κ1) is 17.9. The van der Waals surface area contributed by atoms with E-state index in [1.165, 1.54) is 6.07 Å². The van der Waals surface area contributed by atoms with Crippen LogP contribution in [0.4, 0.5) is 5.69 Å². The summed E-state index contributed by atoms with van der Waals surface area (Å²) in [5.74, 6) is 0.856. The van der Waals surface area contributed by atoms with E-state index < -0.39 is 11.0 Å². The van der Waals surface area contributed by atoms with Gasteiger partial charge >= 0.3 is 5.69 Å². The van der Waals surface area contributed by atoms with Crippen LogP contribution in [0, 0.1) is 10.1 Å². The van der Waals surface area contributed by atoms with Gasteiger partial charge in [-0.3, -0.25) is 14.9 Å². The van der Waals surface area contributed by atoms with E-state index in [0.29, 0.717) is 36.8 Å². The monoisotopic (exact) mass is 377 g/mol. The highest BCUT2D eigenvalue weighted by Gasteiger charge is 2.31. The predicted molar refractivity (Wildman–Crippen MR) is 102 cm³/mol. The first-order valence-corrected chi connectivity index (χ1v) is 9.17. The van der Waals surface area contributed by atoms with Gasteiger partial charge in [0.15, 0.2) is 11.5 Å². The van der Waals surface area contributed by atoms with Crippen LogP contribution in [0.3, 0.4) is 0 Å². The molecule has 0 unspecified atom stereocenters. The molecule has 1 aliphatic carbocycles. The summed E-state index contributed by atoms with van der Waals surface area (Å²) in [6, 6.07) is 12.7. The number of ketones is 1. The van der Waals surface area contributed by atoms with E-state index in [2.05, 4.69) is 9.97 Å². The van der Waals surface area contributed by atoms with Crippen LogP contribution in [0.1, 0.15) is 46.3 Å². The Morgan fingerprint density at radius 1 is 1.18 bits per heavy atom. The van der Waals surface area contributed by atoms with Crippen molar-refractivity contribution in [3.05, 3.63) is 87.5 Å². The van der Waals surface area contributed by atoms with Crippen molar-refractivity contribution < 1.29 is 14.5 Å². The van der Waals surface area contributed by atoms with Gasteiger partial charge in [-0.25, -0.2) is 4.98 Å². The normalized spacial score (nSPS) is 14.4. The van der Waals surface area contributed by atoms with Crippen molar-refractivity contribution >= 4 is 11.5 Å². The number of nitrogens with zero attached hydrogens (tertiary/aromatic N) is 2. The third-order valence-electron chi connectivity index (χ3n) is 4.93. The molecule has 0 spiro atoms. The maximum Gasteiger partial charge on any atom is 0.314 e. The summed E-state index contributed by atoms with van der Waals surface area (Å²) >= 11 is 0. The number of hydrogen-bond acceptors (Lipinski definition) is 5. The van der Waals surface area contributed by atoms with E-state index in [-0.39, 0.29) is 17.2 Å². The number of carbonyl (C=O) groups excluding carboxylic acids is 1. The maximum atomic E-state index is 12.2. The second-order valence-electron chi connectivity index (χ2n) is 6.73. The van der Waals surface area contributed by atoms with Crippen LogP contribution in [0.15, 0.2) is 54.9 Å². The van der Waals surface area contributed by atoms with Gasteiger partial charge in [-0.2, -0.15) is 0 Å². The Balaban J connectivity index is 1.74. The lowest BCUT2D eigenvalue weighted by molar-refractivity contribution is -0.386. The van der Waals surface area contributed by atoms with Crippen LogP contribution in [0.25, 0.3) is 0 Å². The van der Waals surface area contributed by atoms with Crippen molar-refractivity contribution in [3.8, 4) is 5.75 Å². The number of rotatable bonds is 6. The van der Waals surface area contributed by atoms with Crippen LogP contribution in [0.2, 0.25) is 0 Å². The molecule has 0 bridgehead atoms. The number of hydrogen-bond donors (Lipinski definition) is 1. The van der Waals surface area contributed by atoms with E-state index in [0.717, 1.165) is 11.4 Å². The molecule has 0 radical (unpaired) electrons. The fourth-order valence-electron chi connectivity index (χ4n) is 3.62. The molecule has 0 fully saturated rings. The summed E-state index contributed by atoms with van der Waals surface area (Å²) in [6.45, 7) is 0. The van der Waals surface area contributed by atoms with Gasteiger partial charge in [0, 0.05) is 36.4 Å². The van der Waals surface area contributed by atoms with Crippen molar-refractivity contribution in [1.29, 1.82) is 0 Å². The topological polar surface area (TPSA) is 98.1 Å². The summed E-state index contributed by atoms with van der Waals surface area (Å²) in [5.41, 5.74) is 1.70. The van der Waals surface area contributed by atoms with Crippen LogP contribution < -0.4 is 4.74 Å². The van der Waals surface area contributed by atoms with Gasteiger partial charge in [-0.1, -0.05) is 30.3 Å². The number of nitro benzene ring substituents is 1. The second-order valence-corrected chi connectivity index (χ2v) is 6.73. The Bertz CT molecular complexity index is 1000. The third-order valence-corrected chi connectivity index (χ3v) is 4.93. The number of nitro groups is 1. The molecule has 1 heterocycles.